The summed E-state index contributed by atoms with van der Waals surface area (Å²) in [4.78, 5) is 28.7. The van der Waals surface area contributed by atoms with Crippen LogP contribution in [0, 0.1) is 11.3 Å². The molecular weight excluding hydrogens is 384 g/mol. The SMILES string of the molecule is Cl.NC(=O)N1CCCC(C(=O)N(Cc2ccsc2)C2CC23CCNCC3)C1. The van der Waals surface area contributed by atoms with Crippen LogP contribution >= 0.6 is 23.7 Å². The van der Waals surface area contributed by atoms with E-state index in [1.165, 1.54) is 5.56 Å². The Hall–Kier alpha value is -1.31. The molecule has 0 bridgehead atoms. The molecule has 2 unspecified atom stereocenters. The Morgan fingerprint density at radius 3 is 2.81 bits per heavy atom. The van der Waals surface area contributed by atoms with Crippen LogP contribution < -0.4 is 11.1 Å². The van der Waals surface area contributed by atoms with Crippen molar-refractivity contribution in [3.8, 4) is 0 Å². The quantitative estimate of drug-likeness (QED) is 0.797. The van der Waals surface area contributed by atoms with Crippen LogP contribution in [0.25, 0.3) is 0 Å². The monoisotopic (exact) mass is 412 g/mol. The van der Waals surface area contributed by atoms with Gasteiger partial charge in [0, 0.05) is 25.7 Å². The molecule has 4 rings (SSSR count). The standard InChI is InChI=1S/C19H28N4O2S.ClH/c20-18(25)22-8-1-2-15(12-22)17(24)23(11-14-3-9-26-13-14)16-10-19(16)4-6-21-7-5-19;/h3,9,13,15-16,21H,1-2,4-8,10-12H2,(H2,20,25);1H. The molecule has 3 fully saturated rings. The van der Waals surface area contributed by atoms with Gasteiger partial charge in [-0.05, 0) is 73.0 Å². The summed E-state index contributed by atoms with van der Waals surface area (Å²) in [6.07, 6.45) is 5.14. The van der Waals surface area contributed by atoms with Gasteiger partial charge in [-0.1, -0.05) is 0 Å². The Balaban J connectivity index is 0.00000210. The van der Waals surface area contributed by atoms with Crippen LogP contribution in [0.2, 0.25) is 0 Å². The number of hydrogen-bond donors (Lipinski definition) is 2. The summed E-state index contributed by atoms with van der Waals surface area (Å²) in [5, 5.41) is 7.64. The molecule has 1 saturated carbocycles. The molecule has 3 amide bonds. The van der Waals surface area contributed by atoms with E-state index in [9.17, 15) is 9.59 Å². The van der Waals surface area contributed by atoms with Gasteiger partial charge >= 0.3 is 6.03 Å². The van der Waals surface area contributed by atoms with Crippen LogP contribution in [-0.4, -0.2) is 54.0 Å². The lowest BCUT2D eigenvalue weighted by molar-refractivity contribution is -0.139. The molecule has 27 heavy (non-hydrogen) atoms. The topological polar surface area (TPSA) is 78.7 Å². The summed E-state index contributed by atoms with van der Waals surface area (Å²) in [6, 6.07) is 2.05. The number of nitrogens with zero attached hydrogens (tertiary/aromatic N) is 2. The van der Waals surface area contributed by atoms with Crippen molar-refractivity contribution in [1.29, 1.82) is 0 Å². The number of thiophene rings is 1. The number of urea groups is 1. The second-order valence-electron chi connectivity index (χ2n) is 8.05. The van der Waals surface area contributed by atoms with Gasteiger partial charge in [0.05, 0.1) is 5.92 Å². The minimum atomic E-state index is -0.409. The lowest BCUT2D eigenvalue weighted by atomic mass is 9.92. The first kappa shape index (κ1) is 20.4. The van der Waals surface area contributed by atoms with Crippen molar-refractivity contribution in [2.24, 2.45) is 17.1 Å². The molecule has 1 aromatic heterocycles. The Kier molecular flexibility index (Phi) is 6.33. The Morgan fingerprint density at radius 1 is 1.37 bits per heavy atom. The van der Waals surface area contributed by atoms with Crippen LogP contribution in [-0.2, 0) is 11.3 Å². The van der Waals surface area contributed by atoms with Crippen LogP contribution in [0.3, 0.4) is 0 Å². The molecule has 3 aliphatic rings. The van der Waals surface area contributed by atoms with E-state index in [1.54, 1.807) is 16.2 Å². The number of likely N-dealkylation sites (tertiary alicyclic amines) is 1. The first-order valence-electron chi connectivity index (χ1n) is 9.66. The van der Waals surface area contributed by atoms with Crippen LogP contribution in [0.1, 0.15) is 37.7 Å². The number of piperidine rings is 2. The molecule has 3 heterocycles. The highest BCUT2D eigenvalue weighted by Gasteiger charge is 2.58. The number of carbonyl (C=O) groups is 2. The summed E-state index contributed by atoms with van der Waals surface area (Å²) in [7, 11) is 0. The molecule has 2 atom stereocenters. The molecule has 0 aromatic carbocycles. The molecule has 1 aromatic rings. The van der Waals surface area contributed by atoms with Gasteiger partial charge in [0.25, 0.3) is 0 Å². The van der Waals surface area contributed by atoms with E-state index in [0.29, 0.717) is 31.1 Å². The van der Waals surface area contributed by atoms with Crippen molar-refractivity contribution in [1.82, 2.24) is 15.1 Å². The number of rotatable bonds is 4. The molecule has 1 aliphatic carbocycles. The van der Waals surface area contributed by atoms with Crippen molar-refractivity contribution < 1.29 is 9.59 Å². The van der Waals surface area contributed by atoms with Crippen LogP contribution in [0.4, 0.5) is 4.79 Å². The summed E-state index contributed by atoms with van der Waals surface area (Å²) < 4.78 is 0. The maximum absolute atomic E-state index is 13.4. The molecule has 0 radical (unpaired) electrons. The average Bonchev–Trinajstić information content (AvgIpc) is 3.08. The smallest absolute Gasteiger partial charge is 0.314 e. The number of carbonyl (C=O) groups excluding carboxylic acids is 2. The fourth-order valence-electron chi connectivity index (χ4n) is 4.76. The molecule has 150 valence electrons. The Labute approximate surface area is 170 Å². The first-order chi connectivity index (χ1) is 12.6. The highest BCUT2D eigenvalue weighted by atomic mass is 35.5. The highest BCUT2D eigenvalue weighted by molar-refractivity contribution is 7.07. The number of halogens is 1. The maximum Gasteiger partial charge on any atom is 0.314 e. The van der Waals surface area contributed by atoms with E-state index in [0.717, 1.165) is 45.2 Å². The summed E-state index contributed by atoms with van der Waals surface area (Å²) >= 11 is 1.68. The zero-order chi connectivity index (χ0) is 18.1. The van der Waals surface area contributed by atoms with Gasteiger partial charge in [0.1, 0.15) is 0 Å². The van der Waals surface area contributed by atoms with E-state index in [4.69, 9.17) is 5.73 Å². The van der Waals surface area contributed by atoms with Gasteiger partial charge in [-0.25, -0.2) is 4.79 Å². The van der Waals surface area contributed by atoms with E-state index in [-0.39, 0.29) is 24.2 Å². The van der Waals surface area contributed by atoms with Gasteiger partial charge in [-0.15, -0.1) is 12.4 Å². The third-order valence-corrected chi connectivity index (χ3v) is 7.15. The average molecular weight is 413 g/mol. The van der Waals surface area contributed by atoms with Crippen LogP contribution in [0.15, 0.2) is 16.8 Å². The fraction of sp³-hybridized carbons (Fsp3) is 0.684. The van der Waals surface area contributed by atoms with Gasteiger partial charge in [0.2, 0.25) is 5.91 Å². The Bertz CT molecular complexity index is 663. The van der Waals surface area contributed by atoms with Crippen molar-refractivity contribution >= 4 is 35.7 Å². The number of amides is 3. The predicted molar refractivity (Wildman–Crippen MR) is 109 cm³/mol. The van der Waals surface area contributed by atoms with Crippen molar-refractivity contribution in [3.05, 3.63) is 22.4 Å². The zero-order valence-electron chi connectivity index (χ0n) is 15.6. The van der Waals surface area contributed by atoms with Crippen molar-refractivity contribution in [2.75, 3.05) is 26.2 Å². The van der Waals surface area contributed by atoms with E-state index < -0.39 is 6.03 Å². The number of primary amides is 1. The third kappa shape index (κ3) is 4.25. The second kappa shape index (κ2) is 8.37. The maximum atomic E-state index is 13.4. The second-order valence-corrected chi connectivity index (χ2v) is 8.83. The Morgan fingerprint density at radius 2 is 2.15 bits per heavy atom. The van der Waals surface area contributed by atoms with Gasteiger partial charge < -0.3 is 20.9 Å². The van der Waals surface area contributed by atoms with E-state index in [1.807, 2.05) is 0 Å². The molecule has 3 N–H and O–H groups in total. The van der Waals surface area contributed by atoms with E-state index in [2.05, 4.69) is 27.0 Å². The van der Waals surface area contributed by atoms with E-state index >= 15 is 0 Å². The molecular formula is C19H29ClN4O2S. The zero-order valence-corrected chi connectivity index (χ0v) is 17.2. The summed E-state index contributed by atoms with van der Waals surface area (Å²) in [6.45, 7) is 3.93. The summed E-state index contributed by atoms with van der Waals surface area (Å²) in [5.41, 5.74) is 6.98. The fourth-order valence-corrected chi connectivity index (χ4v) is 5.42. The minimum Gasteiger partial charge on any atom is -0.351 e. The van der Waals surface area contributed by atoms with Gasteiger partial charge in [-0.3, -0.25) is 4.79 Å². The van der Waals surface area contributed by atoms with Crippen molar-refractivity contribution in [2.45, 2.75) is 44.7 Å². The summed E-state index contributed by atoms with van der Waals surface area (Å²) in [5.74, 6) is 0.0943. The normalized spacial score (nSPS) is 26.3. The molecule has 2 aliphatic heterocycles. The number of nitrogens with two attached hydrogens (primary N) is 1. The highest BCUT2D eigenvalue weighted by Crippen LogP contribution is 2.56. The van der Waals surface area contributed by atoms with Gasteiger partial charge in [0.15, 0.2) is 0 Å². The largest absolute Gasteiger partial charge is 0.351 e. The lowest BCUT2D eigenvalue weighted by Gasteiger charge is -2.36. The predicted octanol–water partition coefficient (Wildman–Crippen LogP) is 2.43. The van der Waals surface area contributed by atoms with Gasteiger partial charge in [-0.2, -0.15) is 11.3 Å². The molecule has 6 nitrogen and oxygen atoms in total. The number of hydrogen-bond acceptors (Lipinski definition) is 4. The molecule has 2 saturated heterocycles. The first-order valence-corrected chi connectivity index (χ1v) is 10.6. The molecule has 8 heteroatoms. The molecule has 1 spiro atoms. The third-order valence-electron chi connectivity index (χ3n) is 6.42. The van der Waals surface area contributed by atoms with Crippen LogP contribution in [0.5, 0.6) is 0 Å². The number of nitrogens with one attached hydrogen (secondary N) is 1. The van der Waals surface area contributed by atoms with Crippen molar-refractivity contribution in [3.63, 3.8) is 0 Å². The minimum absolute atomic E-state index is 0. The lowest BCUT2D eigenvalue weighted by Crippen LogP contribution is -2.49.